The smallest absolute Gasteiger partial charge is 0.237 e. The van der Waals surface area contributed by atoms with Crippen LogP contribution in [0.1, 0.15) is 12.5 Å². The third kappa shape index (κ3) is 4.47. The van der Waals surface area contributed by atoms with Gasteiger partial charge in [0.1, 0.15) is 0 Å². The van der Waals surface area contributed by atoms with Crippen molar-refractivity contribution in [3.8, 4) is 0 Å². The minimum atomic E-state index is -0.669. The van der Waals surface area contributed by atoms with E-state index in [-0.39, 0.29) is 17.6 Å². The molecule has 0 saturated carbocycles. The monoisotopic (exact) mass is 268 g/mol. The molecule has 2 unspecified atom stereocenters. The third-order valence-electron chi connectivity index (χ3n) is 2.61. The summed E-state index contributed by atoms with van der Waals surface area (Å²) in [5, 5.41) is 2.55. The van der Waals surface area contributed by atoms with Gasteiger partial charge in [-0.3, -0.25) is 9.59 Å². The summed E-state index contributed by atoms with van der Waals surface area (Å²) in [6.07, 6.45) is 0.439. The summed E-state index contributed by atoms with van der Waals surface area (Å²) in [6, 6.07) is 8.21. The Morgan fingerprint density at radius 3 is 2.50 bits per heavy atom. The summed E-state index contributed by atoms with van der Waals surface area (Å²) in [5.41, 5.74) is 6.77. The Labute approximate surface area is 112 Å². The van der Waals surface area contributed by atoms with Crippen molar-refractivity contribution in [2.24, 2.45) is 5.73 Å². The van der Waals surface area contributed by atoms with Gasteiger partial charge < -0.3 is 11.1 Å². The van der Waals surface area contributed by atoms with Crippen molar-refractivity contribution < 1.29 is 9.59 Å². The van der Waals surface area contributed by atoms with Crippen molar-refractivity contribution >= 4 is 23.3 Å². The maximum absolute atomic E-state index is 11.7. The number of rotatable bonds is 6. The Morgan fingerprint density at radius 2 is 1.94 bits per heavy atom. The van der Waals surface area contributed by atoms with Crippen molar-refractivity contribution in [1.29, 1.82) is 0 Å². The zero-order valence-electron chi connectivity index (χ0n) is 10.2. The number of carbonyl (C=O) groups excluding carboxylic acids is 2. The molecule has 1 aromatic carbocycles. The second-order valence-electron chi connectivity index (χ2n) is 4.13. The Kier molecular flexibility index (Phi) is 5.82. The van der Waals surface area contributed by atoms with Crippen molar-refractivity contribution in [2.45, 2.75) is 25.4 Å². The van der Waals surface area contributed by atoms with Gasteiger partial charge >= 0.3 is 0 Å². The van der Waals surface area contributed by atoms with E-state index in [4.69, 9.17) is 17.3 Å². The van der Waals surface area contributed by atoms with E-state index in [0.29, 0.717) is 6.42 Å². The van der Waals surface area contributed by atoms with E-state index in [0.717, 1.165) is 5.56 Å². The number of hydrogen-bond acceptors (Lipinski definition) is 3. The molecule has 1 amide bonds. The van der Waals surface area contributed by atoms with Crippen LogP contribution in [0, 0.1) is 0 Å². The van der Waals surface area contributed by atoms with Crippen LogP contribution in [0.2, 0.25) is 0 Å². The molecule has 0 heterocycles. The number of amides is 1. The fourth-order valence-corrected chi connectivity index (χ4v) is 1.71. The summed E-state index contributed by atoms with van der Waals surface area (Å²) >= 11 is 5.41. The molecule has 3 N–H and O–H groups in total. The van der Waals surface area contributed by atoms with E-state index in [1.165, 1.54) is 0 Å². The van der Waals surface area contributed by atoms with Gasteiger partial charge in [0.25, 0.3) is 0 Å². The van der Waals surface area contributed by atoms with Crippen LogP contribution in [0.5, 0.6) is 0 Å². The normalized spacial score (nSPS) is 13.7. The van der Waals surface area contributed by atoms with E-state index in [2.05, 4.69) is 5.32 Å². The lowest BCUT2D eigenvalue weighted by Crippen LogP contribution is -2.48. The fourth-order valence-electron chi connectivity index (χ4n) is 1.48. The zero-order chi connectivity index (χ0) is 13.5. The molecule has 1 rings (SSSR count). The minimum absolute atomic E-state index is 0.116. The Balaban J connectivity index is 2.49. The number of hydrogen-bond donors (Lipinski definition) is 2. The SMILES string of the molecule is CC(NC(=O)C(N)Cc1ccccc1)C(=O)CCl. The zero-order valence-corrected chi connectivity index (χ0v) is 11.0. The van der Waals surface area contributed by atoms with E-state index in [1.54, 1.807) is 6.92 Å². The molecule has 2 atom stereocenters. The largest absolute Gasteiger partial charge is 0.345 e. The van der Waals surface area contributed by atoms with Crippen LogP contribution in [-0.4, -0.2) is 29.7 Å². The van der Waals surface area contributed by atoms with Gasteiger partial charge in [0.2, 0.25) is 5.91 Å². The summed E-state index contributed by atoms with van der Waals surface area (Å²) in [5.74, 6) is -0.684. The van der Waals surface area contributed by atoms with Gasteiger partial charge in [-0.1, -0.05) is 30.3 Å². The van der Waals surface area contributed by atoms with Crippen LogP contribution in [-0.2, 0) is 16.0 Å². The van der Waals surface area contributed by atoms with Gasteiger partial charge in [0.15, 0.2) is 5.78 Å². The van der Waals surface area contributed by atoms with E-state index < -0.39 is 12.1 Å². The van der Waals surface area contributed by atoms with Gasteiger partial charge in [0.05, 0.1) is 18.0 Å². The van der Waals surface area contributed by atoms with Gasteiger partial charge in [-0.25, -0.2) is 0 Å². The first-order valence-corrected chi connectivity index (χ1v) is 6.26. The molecule has 0 radical (unpaired) electrons. The Bertz CT molecular complexity index is 409. The lowest BCUT2D eigenvalue weighted by molar-refractivity contribution is -0.127. The quantitative estimate of drug-likeness (QED) is 0.752. The van der Waals surface area contributed by atoms with E-state index in [1.807, 2.05) is 30.3 Å². The molecule has 0 aliphatic rings. The maximum Gasteiger partial charge on any atom is 0.237 e. The molecule has 98 valence electrons. The van der Waals surface area contributed by atoms with Crippen LogP contribution in [0.25, 0.3) is 0 Å². The molecule has 0 aromatic heterocycles. The number of carbonyl (C=O) groups is 2. The molecule has 0 fully saturated rings. The average molecular weight is 269 g/mol. The second kappa shape index (κ2) is 7.13. The topological polar surface area (TPSA) is 72.2 Å². The predicted octanol–water partition coefficient (Wildman–Crippen LogP) is 0.869. The molecule has 0 aliphatic heterocycles. The third-order valence-corrected chi connectivity index (χ3v) is 2.87. The van der Waals surface area contributed by atoms with Crippen molar-refractivity contribution in [1.82, 2.24) is 5.32 Å². The predicted molar refractivity (Wildman–Crippen MR) is 71.5 cm³/mol. The Morgan fingerprint density at radius 1 is 1.33 bits per heavy atom. The molecular formula is C13H17ClN2O2. The standard InChI is InChI=1S/C13H17ClN2O2/c1-9(12(17)8-14)16-13(18)11(15)7-10-5-3-2-4-6-10/h2-6,9,11H,7-8,15H2,1H3,(H,16,18). The van der Waals surface area contributed by atoms with Crippen molar-refractivity contribution in [3.05, 3.63) is 35.9 Å². The highest BCUT2D eigenvalue weighted by molar-refractivity contribution is 6.28. The van der Waals surface area contributed by atoms with Gasteiger partial charge in [0, 0.05) is 0 Å². The van der Waals surface area contributed by atoms with Crippen LogP contribution >= 0.6 is 11.6 Å². The first-order chi connectivity index (χ1) is 8.54. The molecular weight excluding hydrogens is 252 g/mol. The average Bonchev–Trinajstić information content (AvgIpc) is 2.38. The number of halogens is 1. The maximum atomic E-state index is 11.7. The fraction of sp³-hybridized carbons (Fsp3) is 0.385. The number of nitrogens with two attached hydrogens (primary N) is 1. The van der Waals surface area contributed by atoms with Crippen LogP contribution in [0.15, 0.2) is 30.3 Å². The van der Waals surface area contributed by atoms with E-state index >= 15 is 0 Å². The van der Waals surface area contributed by atoms with Gasteiger partial charge in [-0.15, -0.1) is 11.6 Å². The number of Topliss-reactive ketones (excluding diaryl/α,β-unsaturated/α-hetero) is 1. The van der Waals surface area contributed by atoms with Crippen LogP contribution < -0.4 is 11.1 Å². The lowest BCUT2D eigenvalue weighted by atomic mass is 10.1. The summed E-state index contributed by atoms with van der Waals surface area (Å²) in [4.78, 5) is 23.0. The summed E-state index contributed by atoms with van der Waals surface area (Å²) < 4.78 is 0. The highest BCUT2D eigenvalue weighted by atomic mass is 35.5. The number of nitrogens with one attached hydrogen (secondary N) is 1. The van der Waals surface area contributed by atoms with Gasteiger partial charge in [-0.05, 0) is 18.9 Å². The molecule has 0 spiro atoms. The van der Waals surface area contributed by atoms with Crippen LogP contribution in [0.3, 0.4) is 0 Å². The molecule has 0 aliphatic carbocycles. The van der Waals surface area contributed by atoms with E-state index in [9.17, 15) is 9.59 Å². The summed E-state index contributed by atoms with van der Waals surface area (Å²) in [7, 11) is 0. The molecule has 0 saturated heterocycles. The first kappa shape index (κ1) is 14.7. The molecule has 1 aromatic rings. The Hall–Kier alpha value is -1.39. The van der Waals surface area contributed by atoms with Crippen molar-refractivity contribution in [3.63, 3.8) is 0 Å². The highest BCUT2D eigenvalue weighted by Crippen LogP contribution is 2.02. The van der Waals surface area contributed by atoms with Gasteiger partial charge in [-0.2, -0.15) is 0 Å². The number of benzene rings is 1. The number of alkyl halides is 1. The molecule has 18 heavy (non-hydrogen) atoms. The van der Waals surface area contributed by atoms with Crippen molar-refractivity contribution in [2.75, 3.05) is 5.88 Å². The lowest BCUT2D eigenvalue weighted by Gasteiger charge is -2.16. The van der Waals surface area contributed by atoms with Crippen LogP contribution in [0.4, 0.5) is 0 Å². The molecule has 5 heteroatoms. The first-order valence-electron chi connectivity index (χ1n) is 5.73. The number of ketones is 1. The summed E-state index contributed by atoms with van der Waals surface area (Å²) in [6.45, 7) is 1.60. The highest BCUT2D eigenvalue weighted by Gasteiger charge is 2.19. The second-order valence-corrected chi connectivity index (χ2v) is 4.39. The minimum Gasteiger partial charge on any atom is -0.345 e. The molecule has 0 bridgehead atoms. The molecule has 4 nitrogen and oxygen atoms in total.